The zero-order chi connectivity index (χ0) is 14.4. The lowest BCUT2D eigenvalue weighted by Gasteiger charge is -2.30. The molecule has 1 aliphatic rings. The van der Waals surface area contributed by atoms with Gasteiger partial charge in [-0.1, -0.05) is 29.8 Å². The Morgan fingerprint density at radius 3 is 2.60 bits per heavy atom. The molecule has 4 nitrogen and oxygen atoms in total. The first-order chi connectivity index (χ1) is 9.67. The average Bonchev–Trinajstić information content (AvgIpc) is 2.48. The molecule has 1 aliphatic heterocycles. The summed E-state index contributed by atoms with van der Waals surface area (Å²) in [7, 11) is 0. The van der Waals surface area contributed by atoms with Crippen molar-refractivity contribution < 1.29 is 10.0 Å². The maximum atomic E-state index is 10.9. The highest BCUT2D eigenvalue weighted by atomic mass is 35.5. The summed E-state index contributed by atoms with van der Waals surface area (Å²) in [5.74, 6) is -0.0534. The van der Waals surface area contributed by atoms with E-state index in [9.17, 15) is 4.79 Å². The number of carbonyl (C=O) groups excluding carboxylic acids is 1. The molecule has 0 aromatic heterocycles. The van der Waals surface area contributed by atoms with Crippen LogP contribution in [0.2, 0.25) is 5.02 Å². The molecule has 0 saturated carbocycles. The van der Waals surface area contributed by atoms with Crippen LogP contribution in [0.1, 0.15) is 18.4 Å². The lowest BCUT2D eigenvalue weighted by molar-refractivity contribution is -0.124. The fourth-order valence-electron chi connectivity index (χ4n) is 2.41. The molecule has 1 heterocycles. The second-order valence-corrected chi connectivity index (χ2v) is 5.51. The molecule has 2 rings (SSSR count). The zero-order valence-electron chi connectivity index (χ0n) is 11.3. The topological polar surface area (TPSA) is 52.6 Å². The molecule has 0 unspecified atom stereocenters. The van der Waals surface area contributed by atoms with E-state index in [-0.39, 0.29) is 0 Å². The molecule has 5 heteroatoms. The smallest absolute Gasteiger partial charge is 0.267 e. The van der Waals surface area contributed by atoms with Gasteiger partial charge in [0.15, 0.2) is 0 Å². The number of hydrogen-bond donors (Lipinski definition) is 2. The molecular formula is C15H19ClN2O2. The van der Waals surface area contributed by atoms with E-state index in [1.807, 2.05) is 18.2 Å². The maximum absolute atomic E-state index is 10.9. The highest BCUT2D eigenvalue weighted by Crippen LogP contribution is 2.20. The molecule has 0 aliphatic carbocycles. The van der Waals surface area contributed by atoms with E-state index in [2.05, 4.69) is 17.0 Å². The standard InChI is InChI=1S/C15H19ClN2O2/c16-14-4-1-13(2-5-14)11-18-9-7-12(8-10-18)3-6-15(19)17-20/h1-6,12,20H,7-11H2,(H,17,19)/b6-3+. The Labute approximate surface area is 124 Å². The van der Waals surface area contributed by atoms with Crippen LogP contribution in [0.3, 0.4) is 0 Å². The number of likely N-dealkylation sites (tertiary alicyclic amines) is 1. The molecule has 0 bridgehead atoms. The Hall–Kier alpha value is -1.36. The Balaban J connectivity index is 1.78. The van der Waals surface area contributed by atoms with Crippen molar-refractivity contribution in [3.8, 4) is 0 Å². The van der Waals surface area contributed by atoms with Crippen molar-refractivity contribution in [2.75, 3.05) is 13.1 Å². The van der Waals surface area contributed by atoms with Crippen molar-refractivity contribution >= 4 is 17.5 Å². The SMILES string of the molecule is O=C(/C=C/C1CCN(Cc2ccc(Cl)cc2)CC1)NO. The van der Waals surface area contributed by atoms with Gasteiger partial charge in [0.25, 0.3) is 5.91 Å². The second kappa shape index (κ2) is 7.43. The predicted octanol–water partition coefficient (Wildman–Crippen LogP) is 2.61. The highest BCUT2D eigenvalue weighted by molar-refractivity contribution is 6.30. The quantitative estimate of drug-likeness (QED) is 0.510. The van der Waals surface area contributed by atoms with Crippen LogP contribution in [0.5, 0.6) is 0 Å². The number of rotatable bonds is 4. The Morgan fingerprint density at radius 2 is 2.00 bits per heavy atom. The van der Waals surface area contributed by atoms with E-state index in [4.69, 9.17) is 16.8 Å². The molecule has 0 radical (unpaired) electrons. The summed E-state index contributed by atoms with van der Waals surface area (Å²) in [4.78, 5) is 13.3. The van der Waals surface area contributed by atoms with Gasteiger partial charge in [-0.2, -0.15) is 0 Å². The number of benzene rings is 1. The van der Waals surface area contributed by atoms with Crippen LogP contribution in [0.25, 0.3) is 0 Å². The summed E-state index contributed by atoms with van der Waals surface area (Å²) < 4.78 is 0. The molecule has 0 spiro atoms. The number of nitrogens with one attached hydrogen (secondary N) is 1. The van der Waals surface area contributed by atoms with Gasteiger partial charge in [0.2, 0.25) is 0 Å². The normalized spacial score (nSPS) is 17.5. The fourth-order valence-corrected chi connectivity index (χ4v) is 2.54. The van der Waals surface area contributed by atoms with E-state index in [0.29, 0.717) is 5.92 Å². The van der Waals surface area contributed by atoms with Crippen LogP contribution in [-0.4, -0.2) is 29.1 Å². The number of carbonyl (C=O) groups is 1. The van der Waals surface area contributed by atoms with Crippen molar-refractivity contribution in [3.63, 3.8) is 0 Å². The van der Waals surface area contributed by atoms with Gasteiger partial charge in [-0.25, -0.2) is 5.48 Å². The fraction of sp³-hybridized carbons (Fsp3) is 0.400. The third-order valence-corrected chi connectivity index (χ3v) is 3.83. The molecular weight excluding hydrogens is 276 g/mol. The van der Waals surface area contributed by atoms with Crippen LogP contribution in [-0.2, 0) is 11.3 Å². The van der Waals surface area contributed by atoms with Gasteiger partial charge in [-0.3, -0.25) is 14.9 Å². The zero-order valence-corrected chi connectivity index (χ0v) is 12.0. The molecule has 1 fully saturated rings. The number of piperidine rings is 1. The summed E-state index contributed by atoms with van der Waals surface area (Å²) in [6.45, 7) is 2.96. The number of hydroxylamine groups is 1. The highest BCUT2D eigenvalue weighted by Gasteiger charge is 2.17. The van der Waals surface area contributed by atoms with Gasteiger partial charge < -0.3 is 0 Å². The van der Waals surface area contributed by atoms with Crippen molar-refractivity contribution in [1.29, 1.82) is 0 Å². The minimum atomic E-state index is -0.464. The molecule has 20 heavy (non-hydrogen) atoms. The van der Waals surface area contributed by atoms with Crippen molar-refractivity contribution in [3.05, 3.63) is 47.0 Å². The Kier molecular flexibility index (Phi) is 5.59. The van der Waals surface area contributed by atoms with Gasteiger partial charge in [-0.05, 0) is 49.5 Å². The van der Waals surface area contributed by atoms with Crippen LogP contribution >= 0.6 is 11.6 Å². The summed E-state index contributed by atoms with van der Waals surface area (Å²) in [5, 5.41) is 9.19. The molecule has 1 saturated heterocycles. The van der Waals surface area contributed by atoms with Crippen LogP contribution < -0.4 is 5.48 Å². The summed E-state index contributed by atoms with van der Waals surface area (Å²) in [6, 6.07) is 7.94. The van der Waals surface area contributed by atoms with Crippen LogP contribution in [0.4, 0.5) is 0 Å². The predicted molar refractivity (Wildman–Crippen MR) is 78.5 cm³/mol. The van der Waals surface area contributed by atoms with Gasteiger partial charge in [0.1, 0.15) is 0 Å². The van der Waals surface area contributed by atoms with Gasteiger partial charge in [0.05, 0.1) is 0 Å². The first kappa shape index (κ1) is 15.0. The molecule has 108 valence electrons. The second-order valence-electron chi connectivity index (χ2n) is 5.08. The van der Waals surface area contributed by atoms with Gasteiger partial charge in [0, 0.05) is 17.6 Å². The maximum Gasteiger partial charge on any atom is 0.267 e. The summed E-state index contributed by atoms with van der Waals surface area (Å²) in [6.07, 6.45) is 5.34. The Bertz CT molecular complexity index is 465. The Morgan fingerprint density at radius 1 is 1.35 bits per heavy atom. The molecule has 0 atom stereocenters. The van der Waals surface area contributed by atoms with Crippen LogP contribution in [0, 0.1) is 5.92 Å². The van der Waals surface area contributed by atoms with Crippen molar-refractivity contribution in [2.24, 2.45) is 5.92 Å². The molecule has 2 N–H and O–H groups in total. The van der Waals surface area contributed by atoms with E-state index in [1.165, 1.54) is 11.6 Å². The molecule has 1 aromatic rings. The average molecular weight is 295 g/mol. The third-order valence-electron chi connectivity index (χ3n) is 3.58. The van der Waals surface area contributed by atoms with Gasteiger partial charge in [-0.15, -0.1) is 0 Å². The largest absolute Gasteiger partial charge is 0.299 e. The number of halogens is 1. The summed E-state index contributed by atoms with van der Waals surface area (Å²) >= 11 is 5.87. The number of allylic oxidation sites excluding steroid dienone is 1. The third kappa shape index (κ3) is 4.63. The summed E-state index contributed by atoms with van der Waals surface area (Å²) in [5.41, 5.74) is 2.87. The van der Waals surface area contributed by atoms with E-state index < -0.39 is 5.91 Å². The van der Waals surface area contributed by atoms with Crippen molar-refractivity contribution in [1.82, 2.24) is 10.4 Å². The monoisotopic (exact) mass is 294 g/mol. The van der Waals surface area contributed by atoms with E-state index in [0.717, 1.165) is 37.5 Å². The lowest BCUT2D eigenvalue weighted by atomic mass is 9.96. The molecule has 1 aromatic carbocycles. The van der Waals surface area contributed by atoms with Crippen LogP contribution in [0.15, 0.2) is 36.4 Å². The first-order valence-electron chi connectivity index (χ1n) is 6.76. The number of nitrogens with zero attached hydrogens (tertiary/aromatic N) is 1. The van der Waals surface area contributed by atoms with Crippen molar-refractivity contribution in [2.45, 2.75) is 19.4 Å². The number of hydrogen-bond acceptors (Lipinski definition) is 3. The number of amides is 1. The lowest BCUT2D eigenvalue weighted by Crippen LogP contribution is -2.32. The minimum absolute atomic E-state index is 0.411. The van der Waals surface area contributed by atoms with E-state index >= 15 is 0 Å². The minimum Gasteiger partial charge on any atom is -0.299 e. The first-order valence-corrected chi connectivity index (χ1v) is 7.14. The molecule has 1 amide bonds. The van der Waals surface area contributed by atoms with E-state index in [1.54, 1.807) is 5.48 Å². The van der Waals surface area contributed by atoms with Gasteiger partial charge >= 0.3 is 0 Å².